The molecule has 2 aliphatic heterocycles. The summed E-state index contributed by atoms with van der Waals surface area (Å²) in [6.07, 6.45) is 3.99. The molecule has 2 aromatic rings. The number of halogens is 1. The zero-order chi connectivity index (χ0) is 21.5. The van der Waals surface area contributed by atoms with Crippen LogP contribution in [-0.2, 0) is 9.59 Å². The Balaban J connectivity index is 1.38. The van der Waals surface area contributed by atoms with Gasteiger partial charge in [-0.1, -0.05) is 55.3 Å². The Bertz CT molecular complexity index is 987. The number of hydrogen-bond donors (Lipinski definition) is 1. The van der Waals surface area contributed by atoms with E-state index in [1.165, 1.54) is 6.07 Å². The van der Waals surface area contributed by atoms with Gasteiger partial charge in [0.1, 0.15) is 5.82 Å². The average molecular weight is 423 g/mol. The third-order valence-corrected chi connectivity index (χ3v) is 7.25. The number of rotatable bonds is 4. The Morgan fingerprint density at radius 2 is 1.77 bits per heavy atom. The van der Waals surface area contributed by atoms with E-state index in [1.54, 1.807) is 21.9 Å². The van der Waals surface area contributed by atoms with E-state index >= 15 is 0 Å². The van der Waals surface area contributed by atoms with Crippen LogP contribution < -0.4 is 0 Å². The van der Waals surface area contributed by atoms with E-state index in [2.05, 4.69) is 0 Å². The molecule has 0 bridgehead atoms. The number of carbonyl (C=O) groups excluding carboxylic acids is 2. The number of fused-ring (bicyclic) bond motifs is 1. The van der Waals surface area contributed by atoms with Gasteiger partial charge in [0.15, 0.2) is 0 Å². The first-order valence-corrected chi connectivity index (χ1v) is 11.1. The number of piperazine rings is 1. The fourth-order valence-electron chi connectivity index (χ4n) is 5.68. The maximum absolute atomic E-state index is 14.1. The minimum Gasteiger partial charge on any atom is -0.394 e. The highest BCUT2D eigenvalue weighted by atomic mass is 19.1. The summed E-state index contributed by atoms with van der Waals surface area (Å²) in [6, 6.07) is 13.9. The number of carbonyl (C=O) groups is 2. The van der Waals surface area contributed by atoms with Gasteiger partial charge in [-0.2, -0.15) is 0 Å². The lowest BCUT2D eigenvalue weighted by Gasteiger charge is -2.59. The fourth-order valence-corrected chi connectivity index (χ4v) is 5.68. The lowest BCUT2D eigenvalue weighted by atomic mass is 9.73. The maximum Gasteiger partial charge on any atom is 0.242 e. The molecular weight excluding hydrogens is 395 g/mol. The summed E-state index contributed by atoms with van der Waals surface area (Å²) in [5.74, 6) is -0.237. The van der Waals surface area contributed by atoms with Crippen LogP contribution in [0.1, 0.15) is 37.2 Å². The van der Waals surface area contributed by atoms with Gasteiger partial charge in [-0.05, 0) is 30.0 Å². The molecule has 5 nitrogen and oxygen atoms in total. The summed E-state index contributed by atoms with van der Waals surface area (Å²) >= 11 is 0. The third kappa shape index (κ3) is 3.43. The van der Waals surface area contributed by atoms with Crippen molar-refractivity contribution in [3.05, 3.63) is 59.9 Å². The van der Waals surface area contributed by atoms with Gasteiger partial charge in [-0.15, -0.1) is 0 Å². The molecule has 5 rings (SSSR count). The molecule has 1 saturated carbocycles. The van der Waals surface area contributed by atoms with Gasteiger partial charge in [-0.25, -0.2) is 4.39 Å². The van der Waals surface area contributed by atoms with Crippen LogP contribution in [-0.4, -0.2) is 58.5 Å². The number of hydrogen-bond acceptors (Lipinski definition) is 3. The molecule has 0 unspecified atom stereocenters. The Kier molecular flexibility index (Phi) is 5.26. The van der Waals surface area contributed by atoms with Gasteiger partial charge >= 0.3 is 0 Å². The second kappa shape index (κ2) is 8.08. The minimum atomic E-state index is -0.277. The first-order chi connectivity index (χ1) is 15.1. The van der Waals surface area contributed by atoms with Crippen LogP contribution in [0.15, 0.2) is 48.5 Å². The van der Waals surface area contributed by atoms with Crippen molar-refractivity contribution < 1.29 is 19.1 Å². The van der Waals surface area contributed by atoms with Crippen molar-refractivity contribution in [2.24, 2.45) is 5.92 Å². The molecule has 6 heteroatoms. The van der Waals surface area contributed by atoms with E-state index in [1.807, 2.05) is 30.3 Å². The van der Waals surface area contributed by atoms with Crippen LogP contribution in [0.5, 0.6) is 0 Å². The molecule has 1 N–H and O–H groups in total. The van der Waals surface area contributed by atoms with Crippen LogP contribution in [0.25, 0.3) is 11.1 Å². The highest BCUT2D eigenvalue weighted by molar-refractivity contribution is 5.88. The molecule has 2 amide bonds. The summed E-state index contributed by atoms with van der Waals surface area (Å²) in [7, 11) is 0. The van der Waals surface area contributed by atoms with E-state index in [0.29, 0.717) is 12.1 Å². The molecule has 0 radical (unpaired) electrons. The van der Waals surface area contributed by atoms with Crippen LogP contribution in [0.3, 0.4) is 0 Å². The van der Waals surface area contributed by atoms with E-state index in [4.69, 9.17) is 0 Å². The van der Waals surface area contributed by atoms with Crippen molar-refractivity contribution in [3.8, 4) is 11.1 Å². The first-order valence-electron chi connectivity index (χ1n) is 11.1. The molecule has 31 heavy (non-hydrogen) atoms. The molecule has 3 aliphatic rings. The number of benzene rings is 2. The second-order valence-electron chi connectivity index (χ2n) is 8.95. The largest absolute Gasteiger partial charge is 0.394 e. The number of aliphatic hydroxyl groups is 1. The quantitative estimate of drug-likeness (QED) is 0.823. The predicted octanol–water partition coefficient (Wildman–Crippen LogP) is 3.18. The number of nitrogens with zero attached hydrogens (tertiary/aromatic N) is 2. The Hall–Kier alpha value is -2.73. The van der Waals surface area contributed by atoms with E-state index in [9.17, 15) is 19.1 Å². The molecule has 3 atom stereocenters. The van der Waals surface area contributed by atoms with Crippen LogP contribution in [0, 0.1) is 11.7 Å². The van der Waals surface area contributed by atoms with Gasteiger partial charge in [0.25, 0.3) is 0 Å². The molecule has 0 spiro atoms. The molecule has 3 fully saturated rings. The molecule has 162 valence electrons. The summed E-state index contributed by atoms with van der Waals surface area (Å²) in [5.41, 5.74) is 2.34. The highest BCUT2D eigenvalue weighted by Gasteiger charge is 2.54. The Morgan fingerprint density at radius 3 is 2.45 bits per heavy atom. The molecular formula is C25H27FN2O3. The van der Waals surface area contributed by atoms with Gasteiger partial charge in [0.2, 0.25) is 11.8 Å². The third-order valence-electron chi connectivity index (χ3n) is 7.25. The molecule has 1 aliphatic carbocycles. The standard InChI is InChI=1S/C25H27FN2O3/c26-20-8-4-3-7-19(20)16-9-11-17(12-10-16)24-21-13-27(25(31)18-5-1-2-6-18)14-23(30)28(21)22(24)15-29/h3-4,7-12,18,21-22,24,29H,1-2,5-6,13-15H2/t21-,22+,24+/m1/s1. The van der Waals surface area contributed by atoms with Gasteiger partial charge < -0.3 is 14.9 Å². The number of aliphatic hydroxyl groups excluding tert-OH is 1. The van der Waals surface area contributed by atoms with Gasteiger partial charge in [0.05, 0.1) is 25.2 Å². The Morgan fingerprint density at radius 1 is 1.06 bits per heavy atom. The smallest absolute Gasteiger partial charge is 0.242 e. The second-order valence-corrected chi connectivity index (χ2v) is 8.95. The topological polar surface area (TPSA) is 60.9 Å². The van der Waals surface area contributed by atoms with E-state index in [-0.39, 0.29) is 54.7 Å². The predicted molar refractivity (Wildman–Crippen MR) is 115 cm³/mol. The van der Waals surface area contributed by atoms with E-state index < -0.39 is 0 Å². The lowest BCUT2D eigenvalue weighted by Crippen LogP contribution is -2.73. The number of amides is 2. The monoisotopic (exact) mass is 422 g/mol. The zero-order valence-electron chi connectivity index (χ0n) is 17.4. The van der Waals surface area contributed by atoms with Gasteiger partial charge in [-0.3, -0.25) is 9.59 Å². The maximum atomic E-state index is 14.1. The van der Waals surface area contributed by atoms with E-state index in [0.717, 1.165) is 36.8 Å². The highest BCUT2D eigenvalue weighted by Crippen LogP contribution is 2.43. The summed E-state index contributed by atoms with van der Waals surface area (Å²) in [5, 5.41) is 9.97. The minimum absolute atomic E-state index is 0.0391. The van der Waals surface area contributed by atoms with Gasteiger partial charge in [0, 0.05) is 23.9 Å². The zero-order valence-corrected chi connectivity index (χ0v) is 17.4. The van der Waals surface area contributed by atoms with Crippen molar-refractivity contribution in [1.82, 2.24) is 9.80 Å². The summed E-state index contributed by atoms with van der Waals surface area (Å²) in [6.45, 7) is 0.511. The fraction of sp³-hybridized carbons (Fsp3) is 0.440. The summed E-state index contributed by atoms with van der Waals surface area (Å²) in [4.78, 5) is 29.2. The molecule has 2 aromatic carbocycles. The first kappa shape index (κ1) is 20.2. The molecule has 0 aromatic heterocycles. The SMILES string of the molecule is O=C(C1CCCC1)N1CC(=O)N2[C@H](C1)[C@H](c1ccc(-c3ccccc3F)cc1)[C@@H]2CO. The molecule has 2 heterocycles. The van der Waals surface area contributed by atoms with Crippen LogP contribution in [0.2, 0.25) is 0 Å². The molecule has 2 saturated heterocycles. The van der Waals surface area contributed by atoms with Crippen molar-refractivity contribution in [1.29, 1.82) is 0 Å². The van der Waals surface area contributed by atoms with Crippen LogP contribution >= 0.6 is 0 Å². The van der Waals surface area contributed by atoms with Crippen molar-refractivity contribution in [2.75, 3.05) is 19.7 Å². The normalized spacial score (nSPS) is 26.0. The average Bonchev–Trinajstić information content (AvgIpc) is 3.30. The van der Waals surface area contributed by atoms with Crippen molar-refractivity contribution >= 4 is 11.8 Å². The lowest BCUT2D eigenvalue weighted by molar-refractivity contribution is -0.168. The summed E-state index contributed by atoms with van der Waals surface area (Å²) < 4.78 is 14.1. The Labute approximate surface area is 181 Å². The van der Waals surface area contributed by atoms with Crippen molar-refractivity contribution in [2.45, 2.75) is 43.7 Å². The van der Waals surface area contributed by atoms with Crippen molar-refractivity contribution in [3.63, 3.8) is 0 Å². The van der Waals surface area contributed by atoms with Crippen LogP contribution in [0.4, 0.5) is 4.39 Å².